The maximum absolute atomic E-state index is 13.4. The summed E-state index contributed by atoms with van der Waals surface area (Å²) in [6, 6.07) is 2.40. The first-order valence-electron chi connectivity index (χ1n) is 6.66. The van der Waals surface area contributed by atoms with E-state index in [1.807, 2.05) is 0 Å². The van der Waals surface area contributed by atoms with E-state index in [1.54, 1.807) is 0 Å². The molecule has 0 bridgehead atoms. The molecule has 0 saturated carbocycles. The van der Waals surface area contributed by atoms with Gasteiger partial charge in [0, 0.05) is 6.54 Å². The molecule has 1 aromatic carbocycles. The molecule has 2 rings (SSSR count). The monoisotopic (exact) mass is 304 g/mol. The third kappa shape index (κ3) is 3.97. The van der Waals surface area contributed by atoms with E-state index in [-0.39, 0.29) is 6.54 Å². The first-order valence-corrected chi connectivity index (χ1v) is 8.14. The minimum Gasteiger partial charge on any atom is -0.303 e. The predicted octanol–water partition coefficient (Wildman–Crippen LogP) is 1.73. The van der Waals surface area contributed by atoms with E-state index in [1.165, 1.54) is 12.8 Å². The lowest BCUT2D eigenvalue weighted by Gasteiger charge is -2.14. The molecule has 0 aliphatic carbocycles. The van der Waals surface area contributed by atoms with Gasteiger partial charge in [0.2, 0.25) is 10.0 Å². The molecule has 0 radical (unpaired) electrons. The van der Waals surface area contributed by atoms with Crippen molar-refractivity contribution in [3.05, 3.63) is 29.8 Å². The first kappa shape index (κ1) is 15.3. The summed E-state index contributed by atoms with van der Waals surface area (Å²) < 4.78 is 52.5. The van der Waals surface area contributed by atoms with Crippen molar-refractivity contribution >= 4 is 10.0 Å². The zero-order valence-corrected chi connectivity index (χ0v) is 11.9. The van der Waals surface area contributed by atoms with Gasteiger partial charge in [0.05, 0.1) is 0 Å². The van der Waals surface area contributed by atoms with Crippen molar-refractivity contribution in [2.24, 2.45) is 0 Å². The largest absolute Gasteiger partial charge is 0.303 e. The lowest BCUT2D eigenvalue weighted by atomic mass is 10.3. The molecule has 7 heteroatoms. The Morgan fingerprint density at radius 3 is 2.60 bits per heavy atom. The summed E-state index contributed by atoms with van der Waals surface area (Å²) in [5.41, 5.74) is 0. The zero-order valence-electron chi connectivity index (χ0n) is 11.1. The third-order valence-electron chi connectivity index (χ3n) is 3.32. The normalized spacial score (nSPS) is 16.7. The standard InChI is InChI=1S/C13H18F2N2O2S/c14-11-4-5-12(15)13(10-11)20(18,19)16-6-3-9-17-7-1-2-8-17/h4-5,10,16H,1-3,6-9H2. The van der Waals surface area contributed by atoms with E-state index in [9.17, 15) is 17.2 Å². The SMILES string of the molecule is O=S(=O)(NCCCN1CCCC1)c1cc(F)ccc1F. The summed E-state index contributed by atoms with van der Waals surface area (Å²) in [6.07, 6.45) is 3.01. The highest BCUT2D eigenvalue weighted by molar-refractivity contribution is 7.89. The van der Waals surface area contributed by atoms with Crippen molar-refractivity contribution < 1.29 is 17.2 Å². The van der Waals surface area contributed by atoms with E-state index in [0.717, 1.165) is 31.8 Å². The van der Waals surface area contributed by atoms with E-state index in [2.05, 4.69) is 9.62 Å². The molecule has 4 nitrogen and oxygen atoms in total. The number of benzene rings is 1. The fourth-order valence-electron chi connectivity index (χ4n) is 2.28. The van der Waals surface area contributed by atoms with Gasteiger partial charge in [0.25, 0.3) is 0 Å². The highest BCUT2D eigenvalue weighted by Gasteiger charge is 2.19. The van der Waals surface area contributed by atoms with Gasteiger partial charge in [-0.2, -0.15) is 0 Å². The maximum Gasteiger partial charge on any atom is 0.243 e. The molecule has 0 spiro atoms. The van der Waals surface area contributed by atoms with Gasteiger partial charge >= 0.3 is 0 Å². The van der Waals surface area contributed by atoms with E-state index in [0.29, 0.717) is 12.5 Å². The Morgan fingerprint density at radius 1 is 1.20 bits per heavy atom. The fraction of sp³-hybridized carbons (Fsp3) is 0.538. The topological polar surface area (TPSA) is 49.4 Å². The van der Waals surface area contributed by atoms with Crippen LogP contribution in [0.3, 0.4) is 0 Å². The summed E-state index contributed by atoms with van der Waals surface area (Å²) in [7, 11) is -3.99. The second kappa shape index (κ2) is 6.60. The Kier molecular flexibility index (Phi) is 5.06. The van der Waals surface area contributed by atoms with Crippen LogP contribution < -0.4 is 4.72 Å². The van der Waals surface area contributed by atoms with Gasteiger partial charge in [-0.15, -0.1) is 0 Å². The van der Waals surface area contributed by atoms with Crippen LogP contribution in [0.1, 0.15) is 19.3 Å². The predicted molar refractivity (Wildman–Crippen MR) is 71.8 cm³/mol. The average Bonchev–Trinajstić information content (AvgIpc) is 2.90. The second-order valence-corrected chi connectivity index (χ2v) is 6.61. The number of nitrogens with zero attached hydrogens (tertiary/aromatic N) is 1. The maximum atomic E-state index is 13.4. The van der Waals surface area contributed by atoms with Crippen LogP contribution >= 0.6 is 0 Å². The number of halogens is 2. The van der Waals surface area contributed by atoms with Crippen molar-refractivity contribution in [3.63, 3.8) is 0 Å². The van der Waals surface area contributed by atoms with Crippen LogP contribution in [0.15, 0.2) is 23.1 Å². The Labute approximate surface area is 117 Å². The Morgan fingerprint density at radius 2 is 1.90 bits per heavy atom. The fourth-order valence-corrected chi connectivity index (χ4v) is 3.44. The van der Waals surface area contributed by atoms with Crippen LogP contribution in [0, 0.1) is 11.6 Å². The molecule has 0 atom stereocenters. The molecular formula is C13H18F2N2O2S. The number of nitrogens with one attached hydrogen (secondary N) is 1. The van der Waals surface area contributed by atoms with Crippen molar-refractivity contribution in [1.29, 1.82) is 0 Å². The molecule has 1 saturated heterocycles. The minimum absolute atomic E-state index is 0.217. The third-order valence-corrected chi connectivity index (χ3v) is 4.80. The van der Waals surface area contributed by atoms with Crippen molar-refractivity contribution in [2.45, 2.75) is 24.2 Å². The summed E-state index contributed by atoms with van der Waals surface area (Å²) in [4.78, 5) is 1.62. The summed E-state index contributed by atoms with van der Waals surface area (Å²) in [5, 5.41) is 0. The highest BCUT2D eigenvalue weighted by Crippen LogP contribution is 2.15. The van der Waals surface area contributed by atoms with Gasteiger partial charge in [0.15, 0.2) is 0 Å². The van der Waals surface area contributed by atoms with Gasteiger partial charge in [-0.05, 0) is 57.1 Å². The Balaban J connectivity index is 1.88. The van der Waals surface area contributed by atoms with Crippen LogP contribution in [0.4, 0.5) is 8.78 Å². The lowest BCUT2D eigenvalue weighted by molar-refractivity contribution is 0.334. The molecule has 1 heterocycles. The van der Waals surface area contributed by atoms with Crippen molar-refractivity contribution in [2.75, 3.05) is 26.2 Å². The van der Waals surface area contributed by atoms with E-state index >= 15 is 0 Å². The Hall–Kier alpha value is -1.05. The van der Waals surface area contributed by atoms with Gasteiger partial charge in [-0.3, -0.25) is 0 Å². The molecule has 0 aromatic heterocycles. The molecule has 20 heavy (non-hydrogen) atoms. The smallest absolute Gasteiger partial charge is 0.243 e. The van der Waals surface area contributed by atoms with E-state index < -0.39 is 26.6 Å². The quantitative estimate of drug-likeness (QED) is 0.814. The zero-order chi connectivity index (χ0) is 14.6. The number of likely N-dealkylation sites (tertiary alicyclic amines) is 1. The van der Waals surface area contributed by atoms with Gasteiger partial charge in [-0.1, -0.05) is 0 Å². The highest BCUT2D eigenvalue weighted by atomic mass is 32.2. The molecule has 1 aromatic rings. The second-order valence-electron chi connectivity index (χ2n) is 4.87. The lowest BCUT2D eigenvalue weighted by Crippen LogP contribution is -2.29. The van der Waals surface area contributed by atoms with Crippen molar-refractivity contribution in [1.82, 2.24) is 9.62 Å². The van der Waals surface area contributed by atoms with Crippen LogP contribution in [-0.2, 0) is 10.0 Å². The summed E-state index contributed by atoms with van der Waals surface area (Å²) in [6.45, 7) is 3.12. The summed E-state index contributed by atoms with van der Waals surface area (Å²) >= 11 is 0. The molecule has 1 aliphatic heterocycles. The minimum atomic E-state index is -3.99. The van der Waals surface area contributed by atoms with Crippen LogP contribution in [0.5, 0.6) is 0 Å². The van der Waals surface area contributed by atoms with Crippen LogP contribution in [0.25, 0.3) is 0 Å². The van der Waals surface area contributed by atoms with Gasteiger partial charge in [0.1, 0.15) is 16.5 Å². The molecule has 1 fully saturated rings. The molecule has 0 amide bonds. The molecule has 1 N–H and O–H groups in total. The number of hydrogen-bond acceptors (Lipinski definition) is 3. The molecule has 1 aliphatic rings. The van der Waals surface area contributed by atoms with Gasteiger partial charge < -0.3 is 4.90 Å². The van der Waals surface area contributed by atoms with Crippen LogP contribution in [0.2, 0.25) is 0 Å². The van der Waals surface area contributed by atoms with Crippen molar-refractivity contribution in [3.8, 4) is 0 Å². The Bertz CT molecular complexity index is 557. The van der Waals surface area contributed by atoms with Gasteiger partial charge in [-0.25, -0.2) is 21.9 Å². The van der Waals surface area contributed by atoms with Crippen LogP contribution in [-0.4, -0.2) is 39.5 Å². The number of sulfonamides is 1. The van der Waals surface area contributed by atoms with E-state index in [4.69, 9.17) is 0 Å². The molecule has 112 valence electrons. The molecule has 0 unspecified atom stereocenters. The first-order chi connectivity index (χ1) is 9.49. The average molecular weight is 304 g/mol. The molecular weight excluding hydrogens is 286 g/mol. The summed E-state index contributed by atoms with van der Waals surface area (Å²) in [5.74, 6) is -1.72. The number of hydrogen-bond donors (Lipinski definition) is 1. The number of rotatable bonds is 6.